The lowest BCUT2D eigenvalue weighted by atomic mass is 10.0. The molecular formula is C15H16F2N2O3. The van der Waals surface area contributed by atoms with Gasteiger partial charge in [0.25, 0.3) is 0 Å². The van der Waals surface area contributed by atoms with Crippen molar-refractivity contribution in [2.75, 3.05) is 26.3 Å². The molecule has 118 valence electrons. The second-order valence-corrected chi connectivity index (χ2v) is 5.29. The first kappa shape index (κ1) is 14.9. The van der Waals surface area contributed by atoms with Crippen molar-refractivity contribution in [3.05, 3.63) is 35.4 Å². The fourth-order valence-corrected chi connectivity index (χ4v) is 2.56. The normalized spacial score (nSPS) is 21.5. The lowest BCUT2D eigenvalue weighted by Crippen LogP contribution is -2.41. The largest absolute Gasteiger partial charge is 0.391 e. The molecule has 0 saturated carbocycles. The number of carbonyl (C=O) groups excluding carboxylic acids is 1. The Hall–Kier alpha value is -2.02. The lowest BCUT2D eigenvalue weighted by molar-refractivity contribution is -0.137. The van der Waals surface area contributed by atoms with Gasteiger partial charge in [-0.05, 0) is 12.1 Å². The summed E-state index contributed by atoms with van der Waals surface area (Å²) in [7, 11) is 0. The predicted octanol–water partition coefficient (Wildman–Crippen LogP) is 1.71. The minimum atomic E-state index is -0.678. The van der Waals surface area contributed by atoms with Crippen LogP contribution in [-0.4, -0.2) is 48.9 Å². The second-order valence-electron chi connectivity index (χ2n) is 5.29. The minimum absolute atomic E-state index is 0.0238. The third-order valence-electron chi connectivity index (χ3n) is 3.74. The van der Waals surface area contributed by atoms with Crippen molar-refractivity contribution < 1.29 is 23.1 Å². The number of morpholine rings is 1. The Morgan fingerprint density at radius 2 is 2.09 bits per heavy atom. The fraction of sp³-hybridized carbons (Fsp3) is 0.467. The maximum Gasteiger partial charge on any atom is 0.226 e. The number of oxime groups is 1. The van der Waals surface area contributed by atoms with Crippen molar-refractivity contribution >= 4 is 11.6 Å². The summed E-state index contributed by atoms with van der Waals surface area (Å²) in [5.41, 5.74) is 0.611. The molecule has 5 nitrogen and oxygen atoms in total. The molecule has 1 amide bonds. The smallest absolute Gasteiger partial charge is 0.226 e. The van der Waals surface area contributed by atoms with Gasteiger partial charge >= 0.3 is 0 Å². The van der Waals surface area contributed by atoms with Crippen molar-refractivity contribution in [3.63, 3.8) is 0 Å². The number of ether oxygens (including phenoxy) is 1. The number of carbonyl (C=O) groups is 1. The molecule has 0 unspecified atom stereocenters. The van der Waals surface area contributed by atoms with Gasteiger partial charge in [0.2, 0.25) is 5.91 Å². The zero-order valence-corrected chi connectivity index (χ0v) is 11.9. The molecular weight excluding hydrogens is 294 g/mol. The van der Waals surface area contributed by atoms with Gasteiger partial charge in [0.05, 0.1) is 25.3 Å². The van der Waals surface area contributed by atoms with Crippen LogP contribution in [0.15, 0.2) is 23.4 Å². The molecule has 1 saturated heterocycles. The van der Waals surface area contributed by atoms with Crippen LogP contribution < -0.4 is 0 Å². The van der Waals surface area contributed by atoms with E-state index in [0.717, 1.165) is 6.07 Å². The Labute approximate surface area is 126 Å². The fourth-order valence-electron chi connectivity index (χ4n) is 2.56. The maximum atomic E-state index is 13.7. The highest BCUT2D eigenvalue weighted by molar-refractivity contribution is 6.01. The third kappa shape index (κ3) is 3.24. The molecule has 0 radical (unpaired) electrons. The summed E-state index contributed by atoms with van der Waals surface area (Å²) in [4.78, 5) is 19.1. The number of hydrogen-bond acceptors (Lipinski definition) is 4. The first-order valence-electron chi connectivity index (χ1n) is 7.17. The van der Waals surface area contributed by atoms with E-state index in [1.165, 1.54) is 12.1 Å². The van der Waals surface area contributed by atoms with Crippen LogP contribution in [0.5, 0.6) is 0 Å². The molecule has 1 atom stereocenters. The molecule has 7 heteroatoms. The highest BCUT2D eigenvalue weighted by Gasteiger charge is 2.28. The van der Waals surface area contributed by atoms with Gasteiger partial charge < -0.3 is 14.5 Å². The lowest BCUT2D eigenvalue weighted by Gasteiger charge is -2.27. The summed E-state index contributed by atoms with van der Waals surface area (Å²) < 4.78 is 31.8. The van der Waals surface area contributed by atoms with Crippen LogP contribution in [0.4, 0.5) is 8.78 Å². The number of benzene rings is 1. The zero-order valence-electron chi connectivity index (χ0n) is 11.9. The van der Waals surface area contributed by atoms with Crippen LogP contribution >= 0.6 is 0 Å². The number of halogens is 2. The quantitative estimate of drug-likeness (QED) is 0.854. The minimum Gasteiger partial charge on any atom is -0.391 e. The van der Waals surface area contributed by atoms with E-state index in [9.17, 15) is 13.6 Å². The van der Waals surface area contributed by atoms with E-state index < -0.39 is 17.7 Å². The van der Waals surface area contributed by atoms with Gasteiger partial charge in [-0.2, -0.15) is 0 Å². The summed E-state index contributed by atoms with van der Waals surface area (Å²) in [5, 5.41) is 3.83. The van der Waals surface area contributed by atoms with E-state index in [4.69, 9.17) is 9.57 Å². The van der Waals surface area contributed by atoms with Crippen molar-refractivity contribution in [2.24, 2.45) is 5.16 Å². The topological polar surface area (TPSA) is 51.1 Å². The van der Waals surface area contributed by atoms with E-state index in [2.05, 4.69) is 5.16 Å². The van der Waals surface area contributed by atoms with Crippen LogP contribution in [0.3, 0.4) is 0 Å². The molecule has 0 N–H and O–H groups in total. The average molecular weight is 310 g/mol. The number of nitrogens with zero attached hydrogens (tertiary/aromatic N) is 2. The molecule has 22 heavy (non-hydrogen) atoms. The first-order chi connectivity index (χ1) is 10.6. The maximum absolute atomic E-state index is 13.7. The Bertz CT molecular complexity index is 600. The second kappa shape index (κ2) is 6.39. The molecule has 0 bridgehead atoms. The van der Waals surface area contributed by atoms with Gasteiger partial charge in [-0.15, -0.1) is 0 Å². The van der Waals surface area contributed by atoms with Crippen LogP contribution in [0.25, 0.3) is 0 Å². The molecule has 2 aliphatic rings. The van der Waals surface area contributed by atoms with Gasteiger partial charge in [0.1, 0.15) is 17.7 Å². The summed E-state index contributed by atoms with van der Waals surface area (Å²) in [6, 6.07) is 3.32. The predicted molar refractivity (Wildman–Crippen MR) is 74.4 cm³/mol. The average Bonchev–Trinajstić information content (AvgIpc) is 2.96. The zero-order chi connectivity index (χ0) is 15.5. The van der Waals surface area contributed by atoms with Gasteiger partial charge in [-0.1, -0.05) is 5.16 Å². The van der Waals surface area contributed by atoms with Gasteiger partial charge in [0.15, 0.2) is 0 Å². The van der Waals surface area contributed by atoms with E-state index >= 15 is 0 Å². The van der Waals surface area contributed by atoms with Crippen molar-refractivity contribution in [1.29, 1.82) is 0 Å². The molecule has 0 aromatic heterocycles. The Kier molecular flexibility index (Phi) is 4.33. The standard InChI is InChI=1S/C15H16F2N2O3/c16-10-1-2-12(13(17)7-10)14-8-11(22-18-14)9-15(20)19-3-5-21-6-4-19/h1-2,7,11H,3-6,8-9H2/t11-/m0/s1. The summed E-state index contributed by atoms with van der Waals surface area (Å²) in [6.45, 7) is 2.23. The molecule has 1 fully saturated rings. The van der Waals surface area contributed by atoms with Crippen molar-refractivity contribution in [1.82, 2.24) is 4.90 Å². The van der Waals surface area contributed by atoms with Crippen molar-refractivity contribution in [3.8, 4) is 0 Å². The molecule has 1 aromatic carbocycles. The van der Waals surface area contributed by atoms with E-state index in [0.29, 0.717) is 38.4 Å². The molecule has 1 aromatic rings. The van der Waals surface area contributed by atoms with Crippen molar-refractivity contribution in [2.45, 2.75) is 18.9 Å². The molecule has 2 heterocycles. The summed E-state index contributed by atoms with van der Waals surface area (Å²) >= 11 is 0. The van der Waals surface area contributed by atoms with Crippen LogP contribution in [0, 0.1) is 11.6 Å². The van der Waals surface area contributed by atoms with Crippen LogP contribution in [0.2, 0.25) is 0 Å². The Morgan fingerprint density at radius 3 is 2.82 bits per heavy atom. The van der Waals surface area contributed by atoms with E-state index in [1.54, 1.807) is 4.90 Å². The van der Waals surface area contributed by atoms with Crippen LogP contribution in [0.1, 0.15) is 18.4 Å². The molecule has 2 aliphatic heterocycles. The van der Waals surface area contributed by atoms with Gasteiger partial charge in [-0.3, -0.25) is 4.79 Å². The monoisotopic (exact) mass is 310 g/mol. The molecule has 0 aliphatic carbocycles. The van der Waals surface area contributed by atoms with Gasteiger partial charge in [-0.25, -0.2) is 8.78 Å². The Balaban J connectivity index is 1.58. The molecule has 3 rings (SSSR count). The first-order valence-corrected chi connectivity index (χ1v) is 7.17. The highest BCUT2D eigenvalue weighted by atomic mass is 19.1. The number of hydrogen-bond donors (Lipinski definition) is 0. The summed E-state index contributed by atoms with van der Waals surface area (Å²) in [6.07, 6.45) is 0.115. The number of rotatable bonds is 3. The third-order valence-corrected chi connectivity index (χ3v) is 3.74. The molecule has 0 spiro atoms. The van der Waals surface area contributed by atoms with Crippen LogP contribution in [-0.2, 0) is 14.4 Å². The van der Waals surface area contributed by atoms with Gasteiger partial charge in [0, 0.05) is 31.1 Å². The SMILES string of the molecule is O=C(C[C@@H]1CC(c2ccc(F)cc2F)=NO1)N1CCOCC1. The Morgan fingerprint density at radius 1 is 1.32 bits per heavy atom. The van der Waals surface area contributed by atoms with E-state index in [-0.39, 0.29) is 17.9 Å². The van der Waals surface area contributed by atoms with E-state index in [1.807, 2.05) is 0 Å². The highest BCUT2D eigenvalue weighted by Crippen LogP contribution is 2.22. The number of amides is 1. The summed E-state index contributed by atoms with van der Waals surface area (Å²) in [5.74, 6) is -1.34.